The molecular weight excluding hydrogens is 179 g/mol. The molecule has 1 aromatic rings. The quantitative estimate of drug-likeness (QED) is 0.530. The molecule has 0 amide bonds. The van der Waals surface area contributed by atoms with Crippen LogP contribution in [-0.4, -0.2) is 23.8 Å². The number of rotatable bonds is 4. The van der Waals surface area contributed by atoms with Crippen LogP contribution in [0, 0.1) is 6.92 Å². The highest BCUT2D eigenvalue weighted by Crippen LogP contribution is 2.15. The summed E-state index contributed by atoms with van der Waals surface area (Å²) < 4.78 is 5.34. The summed E-state index contributed by atoms with van der Waals surface area (Å²) in [5, 5.41) is 17.8. The highest BCUT2D eigenvalue weighted by Gasteiger charge is 2.11. The SMILES string of the molecule is C=CCOc1ccc(B(O)O)cc1C. The van der Waals surface area contributed by atoms with Crippen molar-refractivity contribution in [1.29, 1.82) is 0 Å². The van der Waals surface area contributed by atoms with Crippen LogP contribution < -0.4 is 10.2 Å². The lowest BCUT2D eigenvalue weighted by atomic mass is 9.79. The van der Waals surface area contributed by atoms with Crippen LogP contribution in [0.4, 0.5) is 0 Å². The third-order valence-electron chi connectivity index (χ3n) is 1.85. The molecule has 0 unspecified atom stereocenters. The summed E-state index contributed by atoms with van der Waals surface area (Å²) in [5.74, 6) is 0.731. The zero-order valence-corrected chi connectivity index (χ0v) is 8.10. The van der Waals surface area contributed by atoms with Gasteiger partial charge in [0.05, 0.1) is 0 Å². The molecule has 1 aromatic carbocycles. The maximum atomic E-state index is 8.91. The lowest BCUT2D eigenvalue weighted by Gasteiger charge is -2.08. The molecule has 4 heteroatoms. The minimum absolute atomic E-state index is 0.446. The first-order chi connectivity index (χ1) is 6.65. The normalized spacial score (nSPS) is 9.64. The van der Waals surface area contributed by atoms with E-state index < -0.39 is 7.12 Å². The van der Waals surface area contributed by atoms with Crippen molar-refractivity contribution < 1.29 is 14.8 Å². The van der Waals surface area contributed by atoms with Crippen LogP contribution in [0.25, 0.3) is 0 Å². The second-order valence-corrected chi connectivity index (χ2v) is 3.00. The van der Waals surface area contributed by atoms with Gasteiger partial charge in [-0.05, 0) is 24.0 Å². The monoisotopic (exact) mass is 192 g/mol. The van der Waals surface area contributed by atoms with Crippen LogP contribution in [0.5, 0.6) is 5.75 Å². The standard InChI is InChI=1S/C10H13BO3/c1-3-6-14-10-5-4-9(11(12)13)7-8(10)2/h3-5,7,12-13H,1,6H2,2H3. The lowest BCUT2D eigenvalue weighted by Crippen LogP contribution is -2.29. The molecule has 0 saturated carbocycles. The Hall–Kier alpha value is -1.26. The van der Waals surface area contributed by atoms with Crippen molar-refractivity contribution in [2.75, 3.05) is 6.61 Å². The third-order valence-corrected chi connectivity index (χ3v) is 1.85. The fourth-order valence-corrected chi connectivity index (χ4v) is 1.14. The van der Waals surface area contributed by atoms with Gasteiger partial charge in [-0.15, -0.1) is 0 Å². The smallest absolute Gasteiger partial charge is 0.488 e. The molecule has 14 heavy (non-hydrogen) atoms. The van der Waals surface area contributed by atoms with Crippen molar-refractivity contribution in [2.45, 2.75) is 6.92 Å². The maximum Gasteiger partial charge on any atom is 0.488 e. The van der Waals surface area contributed by atoms with E-state index in [-0.39, 0.29) is 0 Å². The van der Waals surface area contributed by atoms with Gasteiger partial charge in [0, 0.05) is 0 Å². The zero-order valence-electron chi connectivity index (χ0n) is 8.10. The fourth-order valence-electron chi connectivity index (χ4n) is 1.14. The van der Waals surface area contributed by atoms with Crippen molar-refractivity contribution in [3.05, 3.63) is 36.4 Å². The van der Waals surface area contributed by atoms with Crippen LogP contribution in [0.15, 0.2) is 30.9 Å². The van der Waals surface area contributed by atoms with Gasteiger partial charge >= 0.3 is 7.12 Å². The van der Waals surface area contributed by atoms with E-state index in [1.54, 1.807) is 24.3 Å². The third kappa shape index (κ3) is 2.62. The first kappa shape index (κ1) is 10.8. The molecule has 0 aliphatic carbocycles. The summed E-state index contributed by atoms with van der Waals surface area (Å²) in [6, 6.07) is 5.02. The Morgan fingerprint density at radius 1 is 1.50 bits per heavy atom. The average molecular weight is 192 g/mol. The van der Waals surface area contributed by atoms with Crippen LogP contribution in [-0.2, 0) is 0 Å². The van der Waals surface area contributed by atoms with Gasteiger partial charge in [-0.25, -0.2) is 0 Å². The Labute approximate surface area is 83.8 Å². The largest absolute Gasteiger partial charge is 0.489 e. The molecule has 0 aromatic heterocycles. The summed E-state index contributed by atoms with van der Waals surface area (Å²) in [7, 11) is -1.43. The first-order valence-electron chi connectivity index (χ1n) is 4.35. The number of benzene rings is 1. The van der Waals surface area contributed by atoms with Crippen molar-refractivity contribution in [3.63, 3.8) is 0 Å². The van der Waals surface area contributed by atoms with Gasteiger partial charge in [0.15, 0.2) is 0 Å². The molecule has 1 rings (SSSR count). The molecule has 3 nitrogen and oxygen atoms in total. The van der Waals surface area contributed by atoms with Crippen molar-refractivity contribution in [1.82, 2.24) is 0 Å². The van der Waals surface area contributed by atoms with E-state index in [9.17, 15) is 0 Å². The van der Waals surface area contributed by atoms with Crippen LogP contribution in [0.1, 0.15) is 5.56 Å². The topological polar surface area (TPSA) is 49.7 Å². The van der Waals surface area contributed by atoms with E-state index in [1.807, 2.05) is 6.92 Å². The van der Waals surface area contributed by atoms with Crippen molar-refractivity contribution >= 4 is 12.6 Å². The molecule has 0 atom stereocenters. The molecule has 0 aliphatic heterocycles. The Balaban J connectivity index is 2.84. The molecule has 0 bridgehead atoms. The number of hydrogen-bond acceptors (Lipinski definition) is 3. The Morgan fingerprint density at radius 2 is 2.21 bits per heavy atom. The van der Waals surface area contributed by atoms with Crippen LogP contribution >= 0.6 is 0 Å². The van der Waals surface area contributed by atoms with E-state index in [2.05, 4.69) is 6.58 Å². The fraction of sp³-hybridized carbons (Fsp3) is 0.200. The summed E-state index contributed by atoms with van der Waals surface area (Å²) in [4.78, 5) is 0. The number of hydrogen-bond donors (Lipinski definition) is 2. The van der Waals surface area contributed by atoms with Gasteiger partial charge in [-0.2, -0.15) is 0 Å². The molecule has 0 saturated heterocycles. The first-order valence-corrected chi connectivity index (χ1v) is 4.35. The van der Waals surface area contributed by atoms with E-state index in [0.717, 1.165) is 11.3 Å². The molecule has 0 spiro atoms. The highest BCUT2D eigenvalue weighted by atomic mass is 16.5. The van der Waals surface area contributed by atoms with Gasteiger partial charge in [0.2, 0.25) is 0 Å². The summed E-state index contributed by atoms with van der Waals surface area (Å²) in [5.41, 5.74) is 1.34. The van der Waals surface area contributed by atoms with E-state index in [1.165, 1.54) is 0 Å². The molecule has 0 heterocycles. The molecule has 0 fully saturated rings. The average Bonchev–Trinajstić information content (AvgIpc) is 2.15. The Morgan fingerprint density at radius 3 is 2.71 bits per heavy atom. The van der Waals surface area contributed by atoms with E-state index in [0.29, 0.717) is 12.1 Å². The minimum Gasteiger partial charge on any atom is -0.489 e. The maximum absolute atomic E-state index is 8.91. The molecule has 74 valence electrons. The summed E-state index contributed by atoms with van der Waals surface area (Å²) >= 11 is 0. The lowest BCUT2D eigenvalue weighted by molar-refractivity contribution is 0.360. The molecular formula is C10H13BO3. The highest BCUT2D eigenvalue weighted by molar-refractivity contribution is 6.58. The second kappa shape index (κ2) is 4.84. The van der Waals surface area contributed by atoms with Crippen molar-refractivity contribution in [2.24, 2.45) is 0 Å². The van der Waals surface area contributed by atoms with Gasteiger partial charge in [-0.3, -0.25) is 0 Å². The predicted molar refractivity (Wildman–Crippen MR) is 56.7 cm³/mol. The predicted octanol–water partition coefficient (Wildman–Crippen LogP) is 0.240. The van der Waals surface area contributed by atoms with Crippen LogP contribution in [0.3, 0.4) is 0 Å². The Bertz CT molecular complexity index is 323. The van der Waals surface area contributed by atoms with E-state index in [4.69, 9.17) is 14.8 Å². The molecule has 0 aliphatic rings. The number of aryl methyl sites for hydroxylation is 1. The van der Waals surface area contributed by atoms with Gasteiger partial charge in [-0.1, -0.05) is 24.8 Å². The molecule has 2 N–H and O–H groups in total. The van der Waals surface area contributed by atoms with Crippen molar-refractivity contribution in [3.8, 4) is 5.75 Å². The summed E-state index contributed by atoms with van der Waals surface area (Å²) in [6.07, 6.45) is 1.66. The van der Waals surface area contributed by atoms with Crippen LogP contribution in [0.2, 0.25) is 0 Å². The summed E-state index contributed by atoms with van der Waals surface area (Å²) in [6.45, 7) is 5.84. The molecule has 0 radical (unpaired) electrons. The second-order valence-electron chi connectivity index (χ2n) is 3.00. The minimum atomic E-state index is -1.43. The Kier molecular flexibility index (Phi) is 3.74. The van der Waals surface area contributed by atoms with E-state index >= 15 is 0 Å². The number of ether oxygens (including phenoxy) is 1. The van der Waals surface area contributed by atoms with Gasteiger partial charge in [0.25, 0.3) is 0 Å². The van der Waals surface area contributed by atoms with Gasteiger partial charge < -0.3 is 14.8 Å². The zero-order chi connectivity index (χ0) is 10.6. The van der Waals surface area contributed by atoms with Gasteiger partial charge in [0.1, 0.15) is 12.4 Å².